The molecule has 8 heteroatoms. The fourth-order valence-electron chi connectivity index (χ4n) is 5.04. The summed E-state index contributed by atoms with van der Waals surface area (Å²) in [5, 5.41) is 3.16. The number of benzene rings is 2. The van der Waals surface area contributed by atoms with Crippen LogP contribution >= 0.6 is 0 Å². The molecule has 7 nitrogen and oxygen atoms in total. The fourth-order valence-corrected chi connectivity index (χ4v) is 6.05. The number of sulfonamides is 1. The second-order valence-corrected chi connectivity index (χ2v) is 12.1. The van der Waals surface area contributed by atoms with Gasteiger partial charge in [0, 0.05) is 25.6 Å². The van der Waals surface area contributed by atoms with E-state index in [1.54, 1.807) is 4.90 Å². The molecule has 0 radical (unpaired) electrons. The number of hydrogen-bond acceptors (Lipinski definition) is 4. The first-order chi connectivity index (χ1) is 17.6. The topological polar surface area (TPSA) is 86.8 Å². The van der Waals surface area contributed by atoms with Gasteiger partial charge in [0.15, 0.2) is 0 Å². The molecule has 2 amide bonds. The van der Waals surface area contributed by atoms with Crippen LogP contribution in [0.2, 0.25) is 0 Å². The lowest BCUT2D eigenvalue weighted by Crippen LogP contribution is -2.51. The first kappa shape index (κ1) is 28.7. The van der Waals surface area contributed by atoms with Gasteiger partial charge in [0.1, 0.15) is 6.04 Å². The Balaban J connectivity index is 1.75. The van der Waals surface area contributed by atoms with Gasteiger partial charge in [-0.2, -0.15) is 0 Å². The van der Waals surface area contributed by atoms with Gasteiger partial charge >= 0.3 is 0 Å². The molecule has 0 aromatic heterocycles. The Kier molecular flexibility index (Phi) is 10.1. The zero-order valence-electron chi connectivity index (χ0n) is 22.6. The zero-order chi connectivity index (χ0) is 27.0. The normalized spacial score (nSPS) is 14.8. The fraction of sp³-hybridized carbons (Fsp3) is 0.517. The smallest absolute Gasteiger partial charge is 0.243 e. The molecule has 1 unspecified atom stereocenters. The van der Waals surface area contributed by atoms with Crippen LogP contribution in [0.1, 0.15) is 68.6 Å². The summed E-state index contributed by atoms with van der Waals surface area (Å²) in [7, 11) is -3.53. The Morgan fingerprint density at radius 1 is 1.05 bits per heavy atom. The molecule has 0 heterocycles. The molecule has 0 aliphatic heterocycles. The van der Waals surface area contributed by atoms with Crippen molar-refractivity contribution < 1.29 is 18.0 Å². The lowest BCUT2D eigenvalue weighted by molar-refractivity contribution is -0.141. The average Bonchev–Trinajstić information content (AvgIpc) is 3.36. The predicted octanol–water partition coefficient (Wildman–Crippen LogP) is 4.72. The zero-order valence-corrected chi connectivity index (χ0v) is 23.4. The highest BCUT2D eigenvalue weighted by molar-refractivity contribution is 7.92. The van der Waals surface area contributed by atoms with Crippen molar-refractivity contribution in [3.05, 3.63) is 65.2 Å². The van der Waals surface area contributed by atoms with Crippen LogP contribution in [-0.2, 0) is 26.2 Å². The van der Waals surface area contributed by atoms with Crippen molar-refractivity contribution in [1.82, 2.24) is 10.2 Å². The minimum atomic E-state index is -3.53. The van der Waals surface area contributed by atoms with E-state index in [4.69, 9.17) is 0 Å². The third kappa shape index (κ3) is 8.06. The van der Waals surface area contributed by atoms with Gasteiger partial charge in [0.2, 0.25) is 21.8 Å². The maximum absolute atomic E-state index is 13.6. The Bertz CT molecular complexity index is 1160. The molecule has 0 bridgehead atoms. The van der Waals surface area contributed by atoms with Crippen molar-refractivity contribution in [2.24, 2.45) is 0 Å². The van der Waals surface area contributed by atoms with E-state index in [2.05, 4.69) is 5.32 Å². The number of hydrogen-bond donors (Lipinski definition) is 1. The molecule has 1 saturated carbocycles. The van der Waals surface area contributed by atoms with Crippen LogP contribution in [0.5, 0.6) is 0 Å². The average molecular weight is 528 g/mol. The Morgan fingerprint density at radius 2 is 1.73 bits per heavy atom. The summed E-state index contributed by atoms with van der Waals surface area (Å²) in [6, 6.07) is 15.0. The van der Waals surface area contributed by atoms with Crippen LogP contribution < -0.4 is 9.62 Å². The number of nitrogens with zero attached hydrogens (tertiary/aromatic N) is 2. The largest absolute Gasteiger partial charge is 0.352 e. The highest BCUT2D eigenvalue weighted by Gasteiger charge is 2.30. The molecular weight excluding hydrogens is 486 g/mol. The number of nitrogens with one attached hydrogen (secondary N) is 1. The van der Waals surface area contributed by atoms with Crippen molar-refractivity contribution in [3.8, 4) is 0 Å². The van der Waals surface area contributed by atoms with Crippen molar-refractivity contribution in [1.29, 1.82) is 0 Å². The molecule has 1 N–H and O–H groups in total. The number of rotatable bonds is 12. The molecule has 0 saturated heterocycles. The monoisotopic (exact) mass is 527 g/mol. The maximum atomic E-state index is 13.6. The summed E-state index contributed by atoms with van der Waals surface area (Å²) >= 11 is 0. The van der Waals surface area contributed by atoms with Gasteiger partial charge in [-0.15, -0.1) is 0 Å². The minimum Gasteiger partial charge on any atom is -0.352 e. The summed E-state index contributed by atoms with van der Waals surface area (Å²) in [6.07, 6.45) is 6.40. The predicted molar refractivity (Wildman–Crippen MR) is 149 cm³/mol. The first-order valence-electron chi connectivity index (χ1n) is 13.3. The highest BCUT2D eigenvalue weighted by atomic mass is 32.2. The molecule has 0 spiro atoms. The lowest BCUT2D eigenvalue weighted by Gasteiger charge is -2.32. The van der Waals surface area contributed by atoms with Crippen molar-refractivity contribution in [3.63, 3.8) is 0 Å². The molecule has 37 heavy (non-hydrogen) atoms. The van der Waals surface area contributed by atoms with E-state index >= 15 is 0 Å². The molecule has 2 aromatic carbocycles. The van der Waals surface area contributed by atoms with Crippen molar-refractivity contribution in [2.45, 2.75) is 84.3 Å². The molecule has 1 atom stereocenters. The standard InChI is InChI=1S/C29H41N3O4S/c1-5-26(29(34)30-25-14-9-10-15-25)31(21-24-12-7-6-8-13-24)28(33)16-11-19-32(37(4,35)36)27-20-22(2)17-18-23(27)3/h6-8,12-13,17-18,20,25-26H,5,9-11,14-16,19,21H2,1-4H3,(H,30,34). The first-order valence-corrected chi connectivity index (χ1v) is 15.1. The Morgan fingerprint density at radius 3 is 2.35 bits per heavy atom. The van der Waals surface area contributed by atoms with E-state index in [1.165, 1.54) is 10.6 Å². The van der Waals surface area contributed by atoms with Gasteiger partial charge in [-0.05, 0) is 62.3 Å². The van der Waals surface area contributed by atoms with E-state index in [9.17, 15) is 18.0 Å². The summed E-state index contributed by atoms with van der Waals surface area (Å²) in [5.74, 6) is -0.251. The molecular formula is C29H41N3O4S. The molecule has 1 aliphatic carbocycles. The molecule has 3 rings (SSSR count). The van der Waals surface area contributed by atoms with Gasteiger partial charge < -0.3 is 10.2 Å². The minimum absolute atomic E-state index is 0.105. The number of amides is 2. The maximum Gasteiger partial charge on any atom is 0.243 e. The third-order valence-corrected chi connectivity index (χ3v) is 8.25. The highest BCUT2D eigenvalue weighted by Crippen LogP contribution is 2.25. The van der Waals surface area contributed by atoms with Gasteiger partial charge in [-0.3, -0.25) is 13.9 Å². The SMILES string of the molecule is CCC(C(=O)NC1CCCC1)N(Cc1ccccc1)C(=O)CCCN(c1cc(C)ccc1C)S(C)(=O)=O. The summed E-state index contributed by atoms with van der Waals surface area (Å²) in [4.78, 5) is 28.5. The van der Waals surface area contributed by atoms with Crippen molar-refractivity contribution in [2.75, 3.05) is 17.1 Å². The number of carbonyl (C=O) groups is 2. The van der Waals surface area contributed by atoms with Crippen LogP contribution in [-0.4, -0.2) is 50.0 Å². The van der Waals surface area contributed by atoms with E-state index in [0.717, 1.165) is 42.4 Å². The Labute approximate surface area is 222 Å². The second-order valence-electron chi connectivity index (χ2n) is 10.1. The van der Waals surface area contributed by atoms with Crippen LogP contribution in [0.4, 0.5) is 5.69 Å². The summed E-state index contributed by atoms with van der Waals surface area (Å²) in [6.45, 7) is 6.27. The van der Waals surface area contributed by atoms with Gasteiger partial charge in [-0.1, -0.05) is 62.2 Å². The van der Waals surface area contributed by atoms with E-state index < -0.39 is 16.1 Å². The van der Waals surface area contributed by atoms with Crippen molar-refractivity contribution >= 4 is 27.5 Å². The van der Waals surface area contributed by atoms with Crippen LogP contribution in [0, 0.1) is 13.8 Å². The Hall–Kier alpha value is -2.87. The molecule has 1 fully saturated rings. The summed E-state index contributed by atoms with van der Waals surface area (Å²) in [5.41, 5.74) is 3.43. The second kappa shape index (κ2) is 13.1. The van der Waals surface area contributed by atoms with Crippen LogP contribution in [0.15, 0.2) is 48.5 Å². The van der Waals surface area contributed by atoms with Gasteiger partial charge in [-0.25, -0.2) is 8.42 Å². The van der Waals surface area contributed by atoms with Gasteiger partial charge in [0.05, 0.1) is 11.9 Å². The number of anilines is 1. The van der Waals surface area contributed by atoms with E-state index in [0.29, 0.717) is 25.1 Å². The van der Waals surface area contributed by atoms with Crippen LogP contribution in [0.3, 0.4) is 0 Å². The van der Waals surface area contributed by atoms with E-state index in [1.807, 2.05) is 69.3 Å². The van der Waals surface area contributed by atoms with Crippen LogP contribution in [0.25, 0.3) is 0 Å². The van der Waals surface area contributed by atoms with E-state index in [-0.39, 0.29) is 30.8 Å². The molecule has 1 aliphatic rings. The number of aryl methyl sites for hydroxylation is 2. The van der Waals surface area contributed by atoms with Gasteiger partial charge in [0.25, 0.3) is 0 Å². The molecule has 2 aromatic rings. The molecule has 202 valence electrons. The lowest BCUT2D eigenvalue weighted by atomic mass is 10.1. The quantitative estimate of drug-likeness (QED) is 0.433. The summed E-state index contributed by atoms with van der Waals surface area (Å²) < 4.78 is 26.6. The third-order valence-electron chi connectivity index (χ3n) is 7.07. The number of carbonyl (C=O) groups excluding carboxylic acids is 2.